The summed E-state index contributed by atoms with van der Waals surface area (Å²) >= 11 is 12.1. The third-order valence-corrected chi connectivity index (χ3v) is 4.76. The van der Waals surface area contributed by atoms with E-state index in [-0.39, 0.29) is 12.7 Å². The molecule has 2 aliphatic heterocycles. The van der Waals surface area contributed by atoms with Crippen molar-refractivity contribution in [2.24, 2.45) is 0 Å². The Kier molecular flexibility index (Phi) is 4.31. The number of anilines is 1. The van der Waals surface area contributed by atoms with E-state index in [0.29, 0.717) is 59.1 Å². The molecule has 4 rings (SSSR count). The van der Waals surface area contributed by atoms with Gasteiger partial charge in [0.15, 0.2) is 11.5 Å². The van der Waals surface area contributed by atoms with Crippen LogP contribution in [-0.4, -0.2) is 48.8 Å². The largest absolute Gasteiger partial charge is 0.454 e. The van der Waals surface area contributed by atoms with E-state index in [4.69, 9.17) is 32.7 Å². The first-order valence-electron chi connectivity index (χ1n) is 7.87. The summed E-state index contributed by atoms with van der Waals surface area (Å²) in [6.07, 6.45) is 1.58. The average molecular weight is 380 g/mol. The molecule has 8 heteroatoms. The Morgan fingerprint density at radius 2 is 1.80 bits per heavy atom. The van der Waals surface area contributed by atoms with Gasteiger partial charge in [-0.25, -0.2) is 4.98 Å². The van der Waals surface area contributed by atoms with Crippen LogP contribution in [0.25, 0.3) is 0 Å². The highest BCUT2D eigenvalue weighted by Gasteiger charge is 2.25. The summed E-state index contributed by atoms with van der Waals surface area (Å²) in [6, 6.07) is 6.94. The van der Waals surface area contributed by atoms with E-state index in [1.54, 1.807) is 30.5 Å². The zero-order valence-corrected chi connectivity index (χ0v) is 14.8. The Labute approximate surface area is 154 Å². The number of fused-ring (bicyclic) bond motifs is 1. The van der Waals surface area contributed by atoms with Crippen LogP contribution in [0.4, 0.5) is 5.82 Å². The van der Waals surface area contributed by atoms with Crippen molar-refractivity contribution >= 4 is 34.9 Å². The Morgan fingerprint density at radius 1 is 1.04 bits per heavy atom. The van der Waals surface area contributed by atoms with Gasteiger partial charge >= 0.3 is 0 Å². The highest BCUT2D eigenvalue weighted by molar-refractivity contribution is 6.36. The van der Waals surface area contributed by atoms with Crippen molar-refractivity contribution in [1.82, 2.24) is 9.88 Å². The predicted octanol–water partition coefficient (Wildman–Crippen LogP) is 3.08. The molecule has 0 bridgehead atoms. The van der Waals surface area contributed by atoms with Gasteiger partial charge in [0.05, 0.1) is 10.0 Å². The van der Waals surface area contributed by atoms with E-state index in [0.717, 1.165) is 0 Å². The molecule has 1 saturated heterocycles. The third-order valence-electron chi connectivity index (χ3n) is 4.27. The Hall–Kier alpha value is -2.18. The zero-order valence-electron chi connectivity index (χ0n) is 13.2. The fourth-order valence-corrected chi connectivity index (χ4v) is 3.47. The Balaban J connectivity index is 1.44. The minimum Gasteiger partial charge on any atom is -0.454 e. The van der Waals surface area contributed by atoms with E-state index in [9.17, 15) is 4.79 Å². The van der Waals surface area contributed by atoms with Crippen molar-refractivity contribution in [2.75, 3.05) is 37.9 Å². The quantitative estimate of drug-likeness (QED) is 0.802. The summed E-state index contributed by atoms with van der Waals surface area (Å²) in [5.74, 6) is 1.96. The molecule has 2 aliphatic rings. The number of carbonyl (C=O) groups excluding carboxylic acids is 1. The van der Waals surface area contributed by atoms with Crippen molar-refractivity contribution in [2.45, 2.75) is 0 Å². The molecular weight excluding hydrogens is 365 g/mol. The lowest BCUT2D eigenvalue weighted by atomic mass is 10.1. The number of rotatable bonds is 2. The van der Waals surface area contributed by atoms with E-state index in [1.165, 1.54) is 0 Å². The molecule has 1 amide bonds. The number of aromatic nitrogens is 1. The molecule has 3 heterocycles. The van der Waals surface area contributed by atoms with Crippen molar-refractivity contribution in [3.8, 4) is 11.5 Å². The predicted molar refractivity (Wildman–Crippen MR) is 94.9 cm³/mol. The molecule has 0 aliphatic carbocycles. The number of piperazine rings is 1. The number of amides is 1. The van der Waals surface area contributed by atoms with Crippen LogP contribution in [0.2, 0.25) is 10.0 Å². The highest BCUT2D eigenvalue weighted by Crippen LogP contribution is 2.33. The third kappa shape index (κ3) is 3.19. The SMILES string of the molecule is O=C(c1ccc2c(c1)OCO2)N1CCN(c2ncc(Cl)cc2Cl)CC1. The van der Waals surface area contributed by atoms with Crippen LogP contribution >= 0.6 is 23.2 Å². The van der Waals surface area contributed by atoms with Crippen LogP contribution in [0, 0.1) is 0 Å². The molecule has 1 aromatic carbocycles. The summed E-state index contributed by atoms with van der Waals surface area (Å²) < 4.78 is 10.6. The van der Waals surface area contributed by atoms with Crippen LogP contribution in [0.5, 0.6) is 11.5 Å². The van der Waals surface area contributed by atoms with E-state index in [2.05, 4.69) is 9.88 Å². The van der Waals surface area contributed by atoms with Crippen LogP contribution in [0.1, 0.15) is 10.4 Å². The molecule has 2 aromatic rings. The van der Waals surface area contributed by atoms with E-state index >= 15 is 0 Å². The number of carbonyl (C=O) groups is 1. The van der Waals surface area contributed by atoms with Crippen LogP contribution in [0.3, 0.4) is 0 Å². The van der Waals surface area contributed by atoms with Crippen LogP contribution < -0.4 is 14.4 Å². The standard InChI is InChI=1S/C17H15Cl2N3O3/c18-12-8-13(19)16(20-9-12)21-3-5-22(6-4-21)17(23)11-1-2-14-15(7-11)25-10-24-14/h1-2,7-9H,3-6,10H2. The van der Waals surface area contributed by atoms with Gasteiger partial charge in [0.1, 0.15) is 5.82 Å². The molecule has 0 spiro atoms. The van der Waals surface area contributed by atoms with Gasteiger partial charge in [0.25, 0.3) is 5.91 Å². The van der Waals surface area contributed by atoms with Crippen molar-refractivity contribution < 1.29 is 14.3 Å². The average Bonchev–Trinajstić information content (AvgIpc) is 3.09. The number of benzene rings is 1. The second-order valence-corrected chi connectivity index (χ2v) is 6.65. The maximum Gasteiger partial charge on any atom is 0.254 e. The van der Waals surface area contributed by atoms with E-state index in [1.807, 2.05) is 4.90 Å². The Morgan fingerprint density at radius 3 is 2.56 bits per heavy atom. The first-order valence-corrected chi connectivity index (χ1v) is 8.62. The lowest BCUT2D eigenvalue weighted by Crippen LogP contribution is -2.49. The first-order chi connectivity index (χ1) is 12.1. The fraction of sp³-hybridized carbons (Fsp3) is 0.294. The summed E-state index contributed by atoms with van der Waals surface area (Å²) in [5.41, 5.74) is 0.598. The molecule has 25 heavy (non-hydrogen) atoms. The first kappa shape index (κ1) is 16.3. The van der Waals surface area contributed by atoms with Gasteiger partial charge in [-0.2, -0.15) is 0 Å². The van der Waals surface area contributed by atoms with Gasteiger partial charge < -0.3 is 19.3 Å². The molecule has 0 saturated carbocycles. The lowest BCUT2D eigenvalue weighted by Gasteiger charge is -2.35. The number of hydrogen-bond donors (Lipinski definition) is 0. The van der Waals surface area contributed by atoms with Gasteiger partial charge in [0.2, 0.25) is 6.79 Å². The smallest absolute Gasteiger partial charge is 0.254 e. The van der Waals surface area contributed by atoms with Crippen molar-refractivity contribution in [3.63, 3.8) is 0 Å². The van der Waals surface area contributed by atoms with Crippen molar-refractivity contribution in [1.29, 1.82) is 0 Å². The number of pyridine rings is 1. The number of ether oxygens (including phenoxy) is 2. The number of nitrogens with zero attached hydrogens (tertiary/aromatic N) is 3. The minimum absolute atomic E-state index is 0.0203. The summed E-state index contributed by atoms with van der Waals surface area (Å²) in [7, 11) is 0. The van der Waals surface area contributed by atoms with Crippen LogP contribution in [-0.2, 0) is 0 Å². The van der Waals surface area contributed by atoms with Gasteiger partial charge in [-0.15, -0.1) is 0 Å². The minimum atomic E-state index is -0.0203. The summed E-state index contributed by atoms with van der Waals surface area (Å²) in [5, 5.41) is 1.02. The number of hydrogen-bond acceptors (Lipinski definition) is 5. The van der Waals surface area contributed by atoms with Gasteiger partial charge in [-0.1, -0.05) is 23.2 Å². The topological polar surface area (TPSA) is 54.9 Å². The zero-order chi connectivity index (χ0) is 17.4. The molecule has 0 atom stereocenters. The molecule has 1 aromatic heterocycles. The monoisotopic (exact) mass is 379 g/mol. The summed E-state index contributed by atoms with van der Waals surface area (Å²) in [6.45, 7) is 2.69. The highest BCUT2D eigenvalue weighted by atomic mass is 35.5. The fourth-order valence-electron chi connectivity index (χ4n) is 2.97. The normalized spacial score (nSPS) is 16.2. The second-order valence-electron chi connectivity index (χ2n) is 5.81. The maximum atomic E-state index is 12.7. The van der Waals surface area contributed by atoms with Crippen molar-refractivity contribution in [3.05, 3.63) is 46.1 Å². The van der Waals surface area contributed by atoms with Gasteiger partial charge in [-0.05, 0) is 24.3 Å². The number of halogens is 2. The Bertz CT molecular complexity index is 823. The second kappa shape index (κ2) is 6.61. The van der Waals surface area contributed by atoms with Gasteiger partial charge in [0, 0.05) is 37.9 Å². The lowest BCUT2D eigenvalue weighted by molar-refractivity contribution is 0.0746. The molecular formula is C17H15Cl2N3O3. The summed E-state index contributed by atoms with van der Waals surface area (Å²) in [4.78, 5) is 20.9. The molecule has 6 nitrogen and oxygen atoms in total. The van der Waals surface area contributed by atoms with Crippen LogP contribution in [0.15, 0.2) is 30.5 Å². The van der Waals surface area contributed by atoms with E-state index < -0.39 is 0 Å². The molecule has 0 N–H and O–H groups in total. The molecule has 1 fully saturated rings. The molecule has 130 valence electrons. The maximum absolute atomic E-state index is 12.7. The van der Waals surface area contributed by atoms with Gasteiger partial charge in [-0.3, -0.25) is 4.79 Å². The molecule has 0 unspecified atom stereocenters. The molecule has 0 radical (unpaired) electrons.